The molecule has 0 radical (unpaired) electrons. The van der Waals surface area contributed by atoms with Crippen molar-refractivity contribution < 1.29 is 4.42 Å². The van der Waals surface area contributed by atoms with Crippen LogP contribution in [0.1, 0.15) is 25.0 Å². The molecule has 0 aliphatic heterocycles. The molecule has 7 aromatic carbocycles. The van der Waals surface area contributed by atoms with Crippen molar-refractivity contribution in [2.45, 2.75) is 19.3 Å². The van der Waals surface area contributed by atoms with E-state index in [9.17, 15) is 0 Å². The van der Waals surface area contributed by atoms with Crippen LogP contribution in [0.15, 0.2) is 114 Å². The first kappa shape index (κ1) is 20.4. The van der Waals surface area contributed by atoms with Gasteiger partial charge in [0.1, 0.15) is 11.2 Å². The van der Waals surface area contributed by atoms with Crippen LogP contribution in [0.5, 0.6) is 0 Å². The maximum Gasteiger partial charge on any atom is 0.140 e. The predicted octanol–water partition coefficient (Wildman–Crippen LogP) is 10.5. The Kier molecular flexibility index (Phi) is 3.67. The molecule has 0 atom stereocenters. The Morgan fingerprint density at radius 2 is 1.24 bits per heavy atom. The third-order valence-corrected chi connectivity index (χ3v) is 8.99. The molecule has 38 heavy (non-hydrogen) atoms. The molecular formula is C37H24O. The van der Waals surface area contributed by atoms with Gasteiger partial charge in [0, 0.05) is 21.8 Å². The normalized spacial score (nSPS) is 14.3. The standard InChI is InChI=1S/C37H24O/c1-37(2)31-19-14-24(20-30(31)28-17-18-29-26-8-3-4-9-32(26)38-36(29)35(28)37)25-15-12-23-11-10-21-6-5-7-22-13-16-27(25)34(23)33(21)22/h3-20H,1-2H3. The Hall–Kier alpha value is -4.62. The first-order valence-corrected chi connectivity index (χ1v) is 13.4. The van der Waals surface area contributed by atoms with Gasteiger partial charge in [-0.3, -0.25) is 0 Å². The highest BCUT2D eigenvalue weighted by molar-refractivity contribution is 6.25. The van der Waals surface area contributed by atoms with Gasteiger partial charge in [0.15, 0.2) is 0 Å². The minimum absolute atomic E-state index is 0.140. The summed E-state index contributed by atoms with van der Waals surface area (Å²) in [7, 11) is 0. The summed E-state index contributed by atoms with van der Waals surface area (Å²) in [5.74, 6) is 0. The molecule has 0 unspecified atom stereocenters. The Morgan fingerprint density at radius 3 is 2.11 bits per heavy atom. The quantitative estimate of drug-likeness (QED) is 0.211. The van der Waals surface area contributed by atoms with Crippen molar-refractivity contribution in [3.63, 3.8) is 0 Å². The third-order valence-electron chi connectivity index (χ3n) is 8.99. The van der Waals surface area contributed by atoms with Gasteiger partial charge in [-0.15, -0.1) is 0 Å². The minimum Gasteiger partial charge on any atom is -0.456 e. The zero-order chi connectivity index (χ0) is 25.2. The predicted molar refractivity (Wildman–Crippen MR) is 160 cm³/mol. The second kappa shape index (κ2) is 6.82. The first-order chi connectivity index (χ1) is 18.6. The molecule has 0 spiro atoms. The molecule has 8 aromatic rings. The zero-order valence-electron chi connectivity index (χ0n) is 21.3. The van der Waals surface area contributed by atoms with Gasteiger partial charge in [0.25, 0.3) is 0 Å². The molecule has 1 heteroatoms. The number of hydrogen-bond acceptors (Lipinski definition) is 1. The van der Waals surface area contributed by atoms with Crippen molar-refractivity contribution in [1.82, 2.24) is 0 Å². The fourth-order valence-electron chi connectivity index (χ4n) is 7.24. The number of rotatable bonds is 1. The molecule has 0 amide bonds. The zero-order valence-corrected chi connectivity index (χ0v) is 21.3. The molecule has 178 valence electrons. The molecular weight excluding hydrogens is 460 g/mol. The lowest BCUT2D eigenvalue weighted by molar-refractivity contribution is 0.620. The molecule has 1 aliphatic rings. The average molecular weight is 485 g/mol. The van der Waals surface area contributed by atoms with E-state index < -0.39 is 0 Å². The molecule has 0 saturated heterocycles. The van der Waals surface area contributed by atoms with E-state index in [1.165, 1.54) is 76.5 Å². The van der Waals surface area contributed by atoms with E-state index in [1.54, 1.807) is 0 Å². The van der Waals surface area contributed by atoms with Crippen molar-refractivity contribution in [3.05, 3.63) is 120 Å². The number of furan rings is 1. The molecule has 0 fully saturated rings. The molecule has 9 rings (SSSR count). The molecule has 1 nitrogen and oxygen atoms in total. The summed E-state index contributed by atoms with van der Waals surface area (Å²) in [6, 6.07) is 40.3. The van der Waals surface area contributed by atoms with E-state index in [0.717, 1.165) is 11.2 Å². The van der Waals surface area contributed by atoms with E-state index in [2.05, 4.69) is 117 Å². The Labute approximate surface area is 220 Å². The van der Waals surface area contributed by atoms with Crippen LogP contribution in [-0.2, 0) is 5.41 Å². The number of hydrogen-bond donors (Lipinski definition) is 0. The second-order valence-electron chi connectivity index (χ2n) is 11.3. The van der Waals surface area contributed by atoms with E-state index in [-0.39, 0.29) is 5.41 Å². The van der Waals surface area contributed by atoms with Gasteiger partial charge in [-0.25, -0.2) is 0 Å². The fraction of sp³-hybridized carbons (Fsp3) is 0.0811. The van der Waals surface area contributed by atoms with Crippen LogP contribution in [0.4, 0.5) is 0 Å². The third kappa shape index (κ3) is 2.42. The highest BCUT2D eigenvalue weighted by Crippen LogP contribution is 2.53. The summed E-state index contributed by atoms with van der Waals surface area (Å²) in [5.41, 5.74) is 9.65. The molecule has 1 heterocycles. The van der Waals surface area contributed by atoms with E-state index >= 15 is 0 Å². The summed E-state index contributed by atoms with van der Waals surface area (Å²) >= 11 is 0. The van der Waals surface area contributed by atoms with Crippen molar-refractivity contribution in [3.8, 4) is 22.3 Å². The second-order valence-corrected chi connectivity index (χ2v) is 11.3. The van der Waals surface area contributed by atoms with Crippen molar-refractivity contribution >= 4 is 54.3 Å². The maximum atomic E-state index is 6.50. The fourth-order valence-corrected chi connectivity index (χ4v) is 7.24. The van der Waals surface area contributed by atoms with E-state index in [1.807, 2.05) is 6.07 Å². The average Bonchev–Trinajstić information content (AvgIpc) is 3.43. The maximum absolute atomic E-state index is 6.50. The summed E-state index contributed by atoms with van der Waals surface area (Å²) in [5, 5.41) is 10.3. The Bertz CT molecular complexity index is 2240. The summed E-state index contributed by atoms with van der Waals surface area (Å²) in [4.78, 5) is 0. The van der Waals surface area contributed by atoms with Gasteiger partial charge in [-0.2, -0.15) is 0 Å². The van der Waals surface area contributed by atoms with Crippen LogP contribution in [0.3, 0.4) is 0 Å². The van der Waals surface area contributed by atoms with Crippen LogP contribution in [-0.4, -0.2) is 0 Å². The number of benzene rings is 7. The lowest BCUT2D eigenvalue weighted by Gasteiger charge is -2.21. The minimum atomic E-state index is -0.140. The van der Waals surface area contributed by atoms with Crippen LogP contribution in [0, 0.1) is 0 Å². The summed E-state index contributed by atoms with van der Waals surface area (Å²) in [6.07, 6.45) is 0. The summed E-state index contributed by atoms with van der Waals surface area (Å²) in [6.45, 7) is 4.67. The summed E-state index contributed by atoms with van der Waals surface area (Å²) < 4.78 is 6.50. The lowest BCUT2D eigenvalue weighted by Crippen LogP contribution is -2.15. The molecule has 1 aliphatic carbocycles. The first-order valence-electron chi connectivity index (χ1n) is 13.4. The highest BCUT2D eigenvalue weighted by atomic mass is 16.3. The van der Waals surface area contributed by atoms with Crippen LogP contribution >= 0.6 is 0 Å². The smallest absolute Gasteiger partial charge is 0.140 e. The molecule has 1 aromatic heterocycles. The molecule has 0 bridgehead atoms. The van der Waals surface area contributed by atoms with Gasteiger partial charge < -0.3 is 4.42 Å². The largest absolute Gasteiger partial charge is 0.456 e. The topological polar surface area (TPSA) is 13.1 Å². The Balaban J connectivity index is 1.32. The van der Waals surface area contributed by atoms with Gasteiger partial charge in [0.2, 0.25) is 0 Å². The number of para-hydroxylation sites is 1. The molecule has 0 saturated carbocycles. The van der Waals surface area contributed by atoms with Crippen LogP contribution < -0.4 is 0 Å². The van der Waals surface area contributed by atoms with Crippen LogP contribution in [0.2, 0.25) is 0 Å². The van der Waals surface area contributed by atoms with Crippen molar-refractivity contribution in [2.24, 2.45) is 0 Å². The van der Waals surface area contributed by atoms with Crippen molar-refractivity contribution in [1.29, 1.82) is 0 Å². The lowest BCUT2D eigenvalue weighted by atomic mass is 9.81. The monoisotopic (exact) mass is 484 g/mol. The Morgan fingerprint density at radius 1 is 0.526 bits per heavy atom. The molecule has 0 N–H and O–H groups in total. The highest BCUT2D eigenvalue weighted by Gasteiger charge is 2.38. The van der Waals surface area contributed by atoms with Gasteiger partial charge in [-0.05, 0) is 78.3 Å². The van der Waals surface area contributed by atoms with Gasteiger partial charge in [-0.1, -0.05) is 105 Å². The SMILES string of the molecule is CC1(C)c2ccc(-c3ccc4ccc5cccc6ccc3c4c56)cc2-c2ccc3c(oc4ccccc43)c21. The van der Waals surface area contributed by atoms with Crippen molar-refractivity contribution in [2.75, 3.05) is 0 Å². The van der Waals surface area contributed by atoms with Gasteiger partial charge >= 0.3 is 0 Å². The van der Waals surface area contributed by atoms with Gasteiger partial charge in [0.05, 0.1) is 0 Å². The van der Waals surface area contributed by atoms with Crippen LogP contribution in [0.25, 0.3) is 76.5 Å². The van der Waals surface area contributed by atoms with E-state index in [4.69, 9.17) is 4.42 Å². The van der Waals surface area contributed by atoms with E-state index in [0.29, 0.717) is 0 Å². The number of fused-ring (bicyclic) bond motifs is 7.